The summed E-state index contributed by atoms with van der Waals surface area (Å²) in [7, 11) is 0. The number of piperidine rings is 1. The molecule has 39 heavy (non-hydrogen) atoms. The summed E-state index contributed by atoms with van der Waals surface area (Å²) in [5.41, 5.74) is -0.319. The molecule has 0 unspecified atom stereocenters. The fourth-order valence-corrected chi connectivity index (χ4v) is 6.47. The molecule has 0 radical (unpaired) electrons. The van der Waals surface area contributed by atoms with E-state index in [2.05, 4.69) is 15.6 Å². The molecule has 8 nitrogen and oxygen atoms in total. The van der Waals surface area contributed by atoms with Crippen molar-refractivity contribution in [3.05, 3.63) is 34.5 Å². The Morgan fingerprint density at radius 3 is 2.74 bits per heavy atom. The highest BCUT2D eigenvalue weighted by Gasteiger charge is 2.58. The Morgan fingerprint density at radius 2 is 2.05 bits per heavy atom. The molecule has 3 heterocycles. The number of H-pyrrole nitrogens is 1. The van der Waals surface area contributed by atoms with Gasteiger partial charge in [0.25, 0.3) is 12.3 Å². The Bertz CT molecular complexity index is 1360. The highest BCUT2D eigenvalue weighted by atomic mass is 35.5. The monoisotopic (exact) mass is 567 g/mol. The average Bonchev–Trinajstić information content (AvgIpc) is 3.54. The van der Waals surface area contributed by atoms with Crippen molar-refractivity contribution in [2.45, 2.75) is 56.5 Å². The van der Waals surface area contributed by atoms with Crippen LogP contribution >= 0.6 is 11.6 Å². The number of aromatic amines is 1. The lowest BCUT2D eigenvalue weighted by atomic mass is 9.90. The summed E-state index contributed by atoms with van der Waals surface area (Å²) in [6, 6.07) is 3.26. The molecule has 2 saturated heterocycles. The van der Waals surface area contributed by atoms with Gasteiger partial charge in [0.1, 0.15) is 17.8 Å². The first kappa shape index (κ1) is 27.2. The summed E-state index contributed by atoms with van der Waals surface area (Å²) in [4.78, 5) is 43.2. The zero-order valence-electron chi connectivity index (χ0n) is 20.7. The van der Waals surface area contributed by atoms with Crippen LogP contribution in [-0.4, -0.2) is 58.7 Å². The van der Waals surface area contributed by atoms with Crippen molar-refractivity contribution >= 4 is 40.2 Å². The Hall–Kier alpha value is -3.33. The van der Waals surface area contributed by atoms with E-state index in [1.54, 1.807) is 0 Å². The molecule has 0 spiro atoms. The van der Waals surface area contributed by atoms with E-state index in [4.69, 9.17) is 11.6 Å². The lowest BCUT2D eigenvalue weighted by molar-refractivity contribution is -0.129. The molecule has 5 atom stereocenters. The molecule has 208 valence electrons. The molecule has 1 aromatic heterocycles. The van der Waals surface area contributed by atoms with Gasteiger partial charge in [0.15, 0.2) is 0 Å². The van der Waals surface area contributed by atoms with Crippen LogP contribution in [-0.2, 0) is 9.59 Å². The van der Waals surface area contributed by atoms with Crippen molar-refractivity contribution in [3.8, 4) is 6.07 Å². The molecule has 2 aromatic rings. The first-order chi connectivity index (χ1) is 18.5. The van der Waals surface area contributed by atoms with Gasteiger partial charge in [0.05, 0.1) is 16.6 Å². The fourth-order valence-electron chi connectivity index (χ4n) is 6.25. The van der Waals surface area contributed by atoms with Gasteiger partial charge in [-0.1, -0.05) is 17.7 Å². The largest absolute Gasteiger partial charge is 0.356 e. The molecular formula is C26H26ClF4N5O3. The average molecular weight is 568 g/mol. The Kier molecular flexibility index (Phi) is 7.22. The van der Waals surface area contributed by atoms with Crippen LogP contribution in [0.1, 0.15) is 54.6 Å². The van der Waals surface area contributed by atoms with Crippen molar-refractivity contribution in [2.24, 2.45) is 17.8 Å². The van der Waals surface area contributed by atoms with E-state index >= 15 is 0 Å². The lowest BCUT2D eigenvalue weighted by Gasteiger charge is -2.29. The van der Waals surface area contributed by atoms with E-state index in [-0.39, 0.29) is 46.1 Å². The molecule has 13 heteroatoms. The number of carbonyl (C=O) groups excluding carboxylic acids is 3. The van der Waals surface area contributed by atoms with Crippen molar-refractivity contribution in [3.63, 3.8) is 0 Å². The number of halogens is 5. The van der Waals surface area contributed by atoms with Crippen molar-refractivity contribution in [2.75, 3.05) is 13.1 Å². The fraction of sp³-hybridized carbons (Fsp3) is 0.538. The van der Waals surface area contributed by atoms with E-state index in [0.717, 1.165) is 12.5 Å². The van der Waals surface area contributed by atoms with Crippen LogP contribution in [0.25, 0.3) is 10.9 Å². The molecule has 1 aliphatic carbocycles. The number of rotatable bonds is 6. The minimum absolute atomic E-state index is 0.0445. The summed E-state index contributed by atoms with van der Waals surface area (Å²) >= 11 is 6.16. The van der Waals surface area contributed by atoms with Crippen molar-refractivity contribution in [1.29, 1.82) is 5.26 Å². The number of carbonyl (C=O) groups is 3. The van der Waals surface area contributed by atoms with E-state index in [1.165, 1.54) is 17.0 Å². The third kappa shape index (κ3) is 5.16. The molecule has 2 aliphatic heterocycles. The number of likely N-dealkylation sites (tertiary alicyclic amines) is 1. The van der Waals surface area contributed by atoms with Crippen LogP contribution in [0, 0.1) is 29.1 Å². The normalized spacial score (nSPS) is 26.8. The molecule has 5 rings (SSSR count). The van der Waals surface area contributed by atoms with Gasteiger partial charge in [-0.15, -0.1) is 0 Å². The molecule has 0 bridgehead atoms. The first-order valence-electron chi connectivity index (χ1n) is 12.7. The third-order valence-corrected chi connectivity index (χ3v) is 8.35. The maximum Gasteiger partial charge on any atom is 0.271 e. The second-order valence-corrected chi connectivity index (χ2v) is 11.0. The van der Waals surface area contributed by atoms with Gasteiger partial charge in [-0.25, -0.2) is 17.6 Å². The maximum absolute atomic E-state index is 14.3. The molecule has 3 N–H and O–H groups in total. The minimum Gasteiger partial charge on any atom is -0.356 e. The Balaban J connectivity index is 1.42. The SMILES string of the molecule is N#C[C@@H](C[C@@H]1CCCNC1=O)NC(=O)[C@@H]1[C@H]2CC(F)(F)C[C@H]2CN1C(=O)c1cc2c(C(F)F)ccc(Cl)c2[nH]1. The highest BCUT2D eigenvalue weighted by molar-refractivity contribution is 6.35. The van der Waals surface area contributed by atoms with E-state index in [0.29, 0.717) is 13.0 Å². The summed E-state index contributed by atoms with van der Waals surface area (Å²) in [5, 5.41) is 15.1. The van der Waals surface area contributed by atoms with Gasteiger partial charge in [-0.05, 0) is 43.2 Å². The number of nitrogens with one attached hydrogen (secondary N) is 3. The lowest BCUT2D eigenvalue weighted by Crippen LogP contribution is -2.52. The van der Waals surface area contributed by atoms with Crippen LogP contribution < -0.4 is 10.6 Å². The molecule has 1 aromatic carbocycles. The number of nitriles is 1. The smallest absolute Gasteiger partial charge is 0.271 e. The zero-order chi connectivity index (χ0) is 28.1. The van der Waals surface area contributed by atoms with Crippen LogP contribution in [0.4, 0.5) is 17.6 Å². The number of hydrogen-bond donors (Lipinski definition) is 3. The summed E-state index contributed by atoms with van der Waals surface area (Å²) in [6.07, 6.45) is -2.60. The number of fused-ring (bicyclic) bond motifs is 2. The molecule has 3 amide bonds. The second-order valence-electron chi connectivity index (χ2n) is 10.6. The number of alkyl halides is 4. The van der Waals surface area contributed by atoms with Crippen LogP contribution in [0.5, 0.6) is 0 Å². The minimum atomic E-state index is -3.00. The van der Waals surface area contributed by atoms with Crippen molar-refractivity contribution in [1.82, 2.24) is 20.5 Å². The molecule has 3 fully saturated rings. The Labute approximate surface area is 226 Å². The van der Waals surface area contributed by atoms with Gasteiger partial charge < -0.3 is 20.5 Å². The number of benzene rings is 1. The summed E-state index contributed by atoms with van der Waals surface area (Å²) in [6.45, 7) is 0.400. The van der Waals surface area contributed by atoms with Crippen LogP contribution in [0.15, 0.2) is 18.2 Å². The second kappa shape index (κ2) is 10.3. The maximum atomic E-state index is 14.3. The molecule has 3 aliphatic rings. The number of nitrogens with zero attached hydrogens (tertiary/aromatic N) is 2. The number of aromatic nitrogens is 1. The Morgan fingerprint density at radius 1 is 1.28 bits per heavy atom. The van der Waals surface area contributed by atoms with E-state index < -0.39 is 66.8 Å². The highest BCUT2D eigenvalue weighted by Crippen LogP contribution is 2.50. The molecular weight excluding hydrogens is 542 g/mol. The predicted molar refractivity (Wildman–Crippen MR) is 132 cm³/mol. The van der Waals surface area contributed by atoms with Gasteiger partial charge in [-0.3, -0.25) is 14.4 Å². The topological polar surface area (TPSA) is 118 Å². The summed E-state index contributed by atoms with van der Waals surface area (Å²) < 4.78 is 55.7. The van der Waals surface area contributed by atoms with Crippen LogP contribution in [0.3, 0.4) is 0 Å². The first-order valence-corrected chi connectivity index (χ1v) is 13.1. The van der Waals surface area contributed by atoms with Gasteiger partial charge in [0.2, 0.25) is 17.7 Å². The molecule has 1 saturated carbocycles. The number of hydrogen-bond acceptors (Lipinski definition) is 4. The third-order valence-electron chi connectivity index (χ3n) is 8.04. The summed E-state index contributed by atoms with van der Waals surface area (Å²) in [5.74, 6) is -6.70. The van der Waals surface area contributed by atoms with Crippen molar-refractivity contribution < 1.29 is 31.9 Å². The number of amides is 3. The quantitative estimate of drug-likeness (QED) is 0.454. The zero-order valence-corrected chi connectivity index (χ0v) is 21.4. The van der Waals surface area contributed by atoms with Gasteiger partial charge >= 0.3 is 0 Å². The predicted octanol–water partition coefficient (Wildman–Crippen LogP) is 4.17. The van der Waals surface area contributed by atoms with Gasteiger partial charge in [-0.2, -0.15) is 5.26 Å². The van der Waals surface area contributed by atoms with Gasteiger partial charge in [0, 0.05) is 42.8 Å². The van der Waals surface area contributed by atoms with Crippen LogP contribution in [0.2, 0.25) is 5.02 Å². The van der Waals surface area contributed by atoms with E-state index in [9.17, 15) is 37.2 Å². The standard InChI is InChI=1S/C26H26ClF4N5O3/c27-18-4-3-15(22(28)29)16-7-19(35-20(16)18)25(39)36-11-13-8-26(30,31)9-17(13)21(36)24(38)34-14(10-32)6-12-2-1-5-33-23(12)37/h3-4,7,12-14,17,21-22,35H,1-2,5-6,8-9,11H2,(H,33,37)(H,34,38)/t12-,13-,14+,17-,21-/m0/s1. The van der Waals surface area contributed by atoms with E-state index in [1.807, 2.05) is 6.07 Å².